The highest BCUT2D eigenvalue weighted by Crippen LogP contribution is 2.35. The van der Waals surface area contributed by atoms with E-state index in [1.54, 1.807) is 18.2 Å². The summed E-state index contributed by atoms with van der Waals surface area (Å²) in [5, 5.41) is 9.97. The van der Waals surface area contributed by atoms with Crippen LogP contribution < -0.4 is 0 Å². The minimum Gasteiger partial charge on any atom is -0.254 e. The van der Waals surface area contributed by atoms with E-state index in [0.717, 1.165) is 19.3 Å². The number of nitriles is 1. The second-order valence-electron chi connectivity index (χ2n) is 5.07. The predicted molar refractivity (Wildman–Crippen MR) is 78.8 cm³/mol. The Morgan fingerprint density at radius 3 is 2.68 bits per heavy atom. The SMILES string of the molecule is CC1CCC(C#N)C(S(=O)c2ccc(Cl)c(Cl)c2)C1. The van der Waals surface area contributed by atoms with Crippen LogP contribution in [0, 0.1) is 23.2 Å². The van der Waals surface area contributed by atoms with Crippen molar-refractivity contribution in [1.82, 2.24) is 0 Å². The van der Waals surface area contributed by atoms with Crippen molar-refractivity contribution in [1.29, 1.82) is 5.26 Å². The summed E-state index contributed by atoms with van der Waals surface area (Å²) in [5.41, 5.74) is 0. The molecule has 0 aliphatic heterocycles. The van der Waals surface area contributed by atoms with E-state index in [4.69, 9.17) is 23.2 Å². The largest absolute Gasteiger partial charge is 0.254 e. The first-order valence-electron chi connectivity index (χ1n) is 6.28. The van der Waals surface area contributed by atoms with Crippen LogP contribution in [0.2, 0.25) is 10.0 Å². The van der Waals surface area contributed by atoms with Crippen LogP contribution >= 0.6 is 23.2 Å². The number of rotatable bonds is 2. The molecule has 2 nitrogen and oxygen atoms in total. The van der Waals surface area contributed by atoms with Gasteiger partial charge in [0, 0.05) is 4.90 Å². The standard InChI is InChI=1S/C14H15Cl2NOS/c1-9-2-3-10(8-17)14(6-9)19(18)11-4-5-12(15)13(16)7-11/h4-5,7,9-10,14H,2-3,6H2,1H3. The third-order valence-electron chi connectivity index (χ3n) is 3.62. The van der Waals surface area contributed by atoms with Crippen molar-refractivity contribution >= 4 is 34.0 Å². The minimum absolute atomic E-state index is 0.106. The van der Waals surface area contributed by atoms with Gasteiger partial charge in [-0.1, -0.05) is 30.1 Å². The highest BCUT2D eigenvalue weighted by molar-refractivity contribution is 7.85. The molecule has 0 amide bonds. The second-order valence-corrected chi connectivity index (χ2v) is 7.55. The lowest BCUT2D eigenvalue weighted by Gasteiger charge is -2.30. The molecule has 0 spiro atoms. The smallest absolute Gasteiger partial charge is 0.0668 e. The van der Waals surface area contributed by atoms with Crippen molar-refractivity contribution in [2.75, 3.05) is 0 Å². The number of hydrogen-bond acceptors (Lipinski definition) is 2. The summed E-state index contributed by atoms with van der Waals surface area (Å²) in [7, 11) is -1.20. The molecule has 1 aromatic rings. The van der Waals surface area contributed by atoms with Gasteiger partial charge >= 0.3 is 0 Å². The van der Waals surface area contributed by atoms with Crippen LogP contribution in [0.3, 0.4) is 0 Å². The normalized spacial score (nSPS) is 28.6. The Morgan fingerprint density at radius 1 is 1.32 bits per heavy atom. The van der Waals surface area contributed by atoms with Crippen LogP contribution in [-0.2, 0) is 10.8 Å². The summed E-state index contributed by atoms with van der Waals surface area (Å²) in [6, 6.07) is 7.34. The fraction of sp³-hybridized carbons (Fsp3) is 0.500. The molecule has 1 fully saturated rings. The van der Waals surface area contributed by atoms with E-state index in [1.807, 2.05) is 0 Å². The van der Waals surface area contributed by atoms with Crippen LogP contribution in [0.4, 0.5) is 0 Å². The number of nitrogens with zero attached hydrogens (tertiary/aromatic N) is 1. The van der Waals surface area contributed by atoms with Gasteiger partial charge in [-0.3, -0.25) is 4.21 Å². The van der Waals surface area contributed by atoms with Crippen LogP contribution in [-0.4, -0.2) is 9.46 Å². The van der Waals surface area contributed by atoms with Gasteiger partial charge in [-0.25, -0.2) is 0 Å². The van der Waals surface area contributed by atoms with Crippen LogP contribution in [0.15, 0.2) is 23.1 Å². The van der Waals surface area contributed by atoms with Crippen molar-refractivity contribution in [3.05, 3.63) is 28.2 Å². The molecule has 1 saturated carbocycles. The topological polar surface area (TPSA) is 40.9 Å². The molecular formula is C14H15Cl2NOS. The molecule has 5 heteroatoms. The first kappa shape index (κ1) is 14.8. The number of benzene rings is 1. The zero-order valence-electron chi connectivity index (χ0n) is 10.6. The van der Waals surface area contributed by atoms with Crippen LogP contribution in [0.25, 0.3) is 0 Å². The Bertz CT molecular complexity index is 541. The highest BCUT2D eigenvalue weighted by atomic mass is 35.5. The molecular weight excluding hydrogens is 301 g/mol. The maximum absolute atomic E-state index is 12.6. The van der Waals surface area contributed by atoms with Crippen LogP contribution in [0.1, 0.15) is 26.2 Å². The lowest BCUT2D eigenvalue weighted by Crippen LogP contribution is -2.31. The Balaban J connectivity index is 2.26. The Morgan fingerprint density at radius 2 is 2.05 bits per heavy atom. The summed E-state index contributed by atoms with van der Waals surface area (Å²) in [6.07, 6.45) is 2.69. The van der Waals surface area contributed by atoms with E-state index >= 15 is 0 Å². The molecule has 0 saturated heterocycles. The van der Waals surface area contributed by atoms with E-state index in [9.17, 15) is 9.47 Å². The van der Waals surface area contributed by atoms with E-state index in [2.05, 4.69) is 13.0 Å². The van der Waals surface area contributed by atoms with Gasteiger partial charge in [-0.2, -0.15) is 5.26 Å². The lowest BCUT2D eigenvalue weighted by atomic mass is 9.83. The summed E-state index contributed by atoms with van der Waals surface area (Å²) in [5.74, 6) is 0.382. The van der Waals surface area contributed by atoms with Crippen molar-refractivity contribution in [3.63, 3.8) is 0 Å². The molecule has 1 aromatic carbocycles. The first-order chi connectivity index (χ1) is 9.02. The molecule has 0 aromatic heterocycles. The fourth-order valence-corrected chi connectivity index (χ4v) is 4.64. The molecule has 1 aliphatic rings. The second kappa shape index (κ2) is 6.26. The monoisotopic (exact) mass is 315 g/mol. The van der Waals surface area contributed by atoms with E-state index < -0.39 is 10.8 Å². The zero-order chi connectivity index (χ0) is 14.0. The maximum Gasteiger partial charge on any atom is 0.0668 e. The molecule has 4 unspecified atom stereocenters. The predicted octanol–water partition coefficient (Wildman–Crippen LogP) is 4.43. The fourth-order valence-electron chi connectivity index (χ4n) is 2.49. The summed E-state index contributed by atoms with van der Waals surface area (Å²) >= 11 is 11.8. The Hall–Kier alpha value is -0.560. The molecule has 19 heavy (non-hydrogen) atoms. The zero-order valence-corrected chi connectivity index (χ0v) is 12.9. The van der Waals surface area contributed by atoms with Crippen LogP contribution in [0.5, 0.6) is 0 Å². The van der Waals surface area contributed by atoms with E-state index in [0.29, 0.717) is 20.9 Å². The van der Waals surface area contributed by atoms with Crippen molar-refractivity contribution in [2.24, 2.45) is 11.8 Å². The lowest BCUT2D eigenvalue weighted by molar-refractivity contribution is 0.341. The first-order valence-corrected chi connectivity index (χ1v) is 8.25. The summed E-state index contributed by atoms with van der Waals surface area (Å²) in [6.45, 7) is 2.15. The summed E-state index contributed by atoms with van der Waals surface area (Å²) in [4.78, 5) is 0.661. The molecule has 0 bridgehead atoms. The molecule has 102 valence electrons. The number of halogens is 2. The summed E-state index contributed by atoms with van der Waals surface area (Å²) < 4.78 is 12.6. The molecule has 4 atom stereocenters. The third-order valence-corrected chi connectivity index (χ3v) is 6.15. The number of hydrogen-bond donors (Lipinski definition) is 0. The quantitative estimate of drug-likeness (QED) is 0.810. The Labute approximate surface area is 126 Å². The van der Waals surface area contributed by atoms with E-state index in [-0.39, 0.29) is 11.2 Å². The molecule has 2 rings (SSSR count). The van der Waals surface area contributed by atoms with Gasteiger partial charge in [0.1, 0.15) is 0 Å². The molecule has 0 heterocycles. The van der Waals surface area contributed by atoms with Gasteiger partial charge in [0.15, 0.2) is 0 Å². The third kappa shape index (κ3) is 3.31. The van der Waals surface area contributed by atoms with Gasteiger partial charge in [0.05, 0.1) is 38.1 Å². The van der Waals surface area contributed by atoms with Gasteiger partial charge in [-0.05, 0) is 43.4 Å². The van der Waals surface area contributed by atoms with Gasteiger partial charge < -0.3 is 0 Å². The average Bonchev–Trinajstić information content (AvgIpc) is 2.41. The van der Waals surface area contributed by atoms with E-state index in [1.165, 1.54) is 0 Å². The molecule has 0 radical (unpaired) electrons. The van der Waals surface area contributed by atoms with Gasteiger partial charge in [-0.15, -0.1) is 0 Å². The van der Waals surface area contributed by atoms with Crippen molar-refractivity contribution < 1.29 is 4.21 Å². The van der Waals surface area contributed by atoms with Gasteiger partial charge in [0.2, 0.25) is 0 Å². The van der Waals surface area contributed by atoms with Crippen molar-refractivity contribution in [2.45, 2.75) is 36.3 Å². The molecule has 1 aliphatic carbocycles. The van der Waals surface area contributed by atoms with Crippen molar-refractivity contribution in [3.8, 4) is 6.07 Å². The average molecular weight is 316 g/mol. The molecule has 0 N–H and O–H groups in total. The Kier molecular flexibility index (Phi) is 4.89. The maximum atomic E-state index is 12.6. The van der Waals surface area contributed by atoms with Gasteiger partial charge in [0.25, 0.3) is 0 Å². The highest BCUT2D eigenvalue weighted by Gasteiger charge is 2.33. The minimum atomic E-state index is -1.20.